The highest BCUT2D eigenvalue weighted by molar-refractivity contribution is 5.49. The molecule has 0 aromatic heterocycles. The minimum atomic E-state index is -0.520. The molecule has 2 nitrogen and oxygen atoms in total. The maximum absolute atomic E-state index is 14.1. The summed E-state index contributed by atoms with van der Waals surface area (Å²) in [5.74, 6) is -0.444. The van der Waals surface area contributed by atoms with Gasteiger partial charge in [-0.15, -0.1) is 0 Å². The maximum Gasteiger partial charge on any atom is 0.149 e. The molecule has 1 aromatic rings. The second kappa shape index (κ2) is 6.53. The number of nitrogens with one attached hydrogen (secondary N) is 1. The molecule has 2 rings (SSSR count). The van der Waals surface area contributed by atoms with Crippen molar-refractivity contribution in [3.8, 4) is 0 Å². The molecule has 0 aliphatic carbocycles. The van der Waals surface area contributed by atoms with Gasteiger partial charge in [-0.3, -0.25) is 0 Å². The van der Waals surface area contributed by atoms with Crippen molar-refractivity contribution in [2.24, 2.45) is 5.92 Å². The summed E-state index contributed by atoms with van der Waals surface area (Å²) in [4.78, 5) is 2.10. The summed E-state index contributed by atoms with van der Waals surface area (Å²) < 4.78 is 27.1. The second-order valence-electron chi connectivity index (χ2n) is 5.71. The number of halogens is 2. The predicted molar refractivity (Wildman–Crippen MR) is 79.0 cm³/mol. The van der Waals surface area contributed by atoms with Crippen LogP contribution < -0.4 is 10.2 Å². The molecule has 0 bridgehead atoms. The Labute approximate surface area is 120 Å². The van der Waals surface area contributed by atoms with Gasteiger partial charge in [-0.05, 0) is 24.5 Å². The Hall–Kier alpha value is -1.16. The molecule has 1 fully saturated rings. The van der Waals surface area contributed by atoms with Crippen molar-refractivity contribution in [2.75, 3.05) is 18.0 Å². The summed E-state index contributed by atoms with van der Waals surface area (Å²) in [5, 5.41) is 3.56. The van der Waals surface area contributed by atoms with E-state index in [9.17, 15) is 8.78 Å². The molecule has 3 atom stereocenters. The van der Waals surface area contributed by atoms with E-state index in [2.05, 4.69) is 31.0 Å². The van der Waals surface area contributed by atoms with Crippen LogP contribution in [0.25, 0.3) is 0 Å². The standard InChI is InChI=1S/C16H24F2N2/c1-4-11(3)15-10-20(13(5-2)9-19-15)16-7-6-12(17)8-14(16)18/h6-8,11,13,15,19H,4-5,9-10H2,1-3H3. The van der Waals surface area contributed by atoms with Crippen LogP contribution in [-0.2, 0) is 0 Å². The Morgan fingerprint density at radius 3 is 2.70 bits per heavy atom. The normalized spacial score (nSPS) is 24.8. The maximum atomic E-state index is 14.1. The first-order valence-corrected chi connectivity index (χ1v) is 7.51. The number of hydrogen-bond acceptors (Lipinski definition) is 2. The number of nitrogens with zero attached hydrogens (tertiary/aromatic N) is 1. The summed E-state index contributed by atoms with van der Waals surface area (Å²) in [6, 6.07) is 4.49. The van der Waals surface area contributed by atoms with Crippen LogP contribution in [0.5, 0.6) is 0 Å². The van der Waals surface area contributed by atoms with Gasteiger partial charge in [-0.1, -0.05) is 27.2 Å². The Bertz CT molecular complexity index is 450. The van der Waals surface area contributed by atoms with Crippen molar-refractivity contribution in [1.82, 2.24) is 5.32 Å². The van der Waals surface area contributed by atoms with Gasteiger partial charge in [0, 0.05) is 31.2 Å². The van der Waals surface area contributed by atoms with Gasteiger partial charge in [-0.2, -0.15) is 0 Å². The van der Waals surface area contributed by atoms with Gasteiger partial charge in [0.05, 0.1) is 5.69 Å². The quantitative estimate of drug-likeness (QED) is 0.908. The molecule has 4 heteroatoms. The largest absolute Gasteiger partial charge is 0.363 e. The number of benzene rings is 1. The minimum Gasteiger partial charge on any atom is -0.363 e. The van der Waals surface area contributed by atoms with Crippen LogP contribution in [0.1, 0.15) is 33.6 Å². The van der Waals surface area contributed by atoms with Crippen LogP contribution >= 0.6 is 0 Å². The highest BCUT2D eigenvalue weighted by Gasteiger charge is 2.30. The monoisotopic (exact) mass is 282 g/mol. The highest BCUT2D eigenvalue weighted by atomic mass is 19.1. The first kappa shape index (κ1) is 15.2. The number of rotatable bonds is 4. The molecular weight excluding hydrogens is 258 g/mol. The fraction of sp³-hybridized carbons (Fsp3) is 0.625. The van der Waals surface area contributed by atoms with Gasteiger partial charge in [0.2, 0.25) is 0 Å². The molecule has 0 spiro atoms. The molecule has 1 saturated heterocycles. The molecule has 3 unspecified atom stereocenters. The third-order valence-electron chi connectivity index (χ3n) is 4.47. The lowest BCUT2D eigenvalue weighted by Crippen LogP contribution is -2.58. The third kappa shape index (κ3) is 3.11. The van der Waals surface area contributed by atoms with Crippen LogP contribution in [0, 0.1) is 17.6 Å². The van der Waals surface area contributed by atoms with Gasteiger partial charge in [0.15, 0.2) is 0 Å². The van der Waals surface area contributed by atoms with E-state index in [1.807, 2.05) is 0 Å². The average Bonchev–Trinajstić information content (AvgIpc) is 2.46. The summed E-state index contributed by atoms with van der Waals surface area (Å²) in [6.07, 6.45) is 2.03. The summed E-state index contributed by atoms with van der Waals surface area (Å²) in [5.41, 5.74) is 0.521. The Morgan fingerprint density at radius 2 is 2.10 bits per heavy atom. The lowest BCUT2D eigenvalue weighted by molar-refractivity contribution is 0.304. The Kier molecular flexibility index (Phi) is 4.97. The molecule has 0 amide bonds. The molecule has 1 aliphatic heterocycles. The smallest absolute Gasteiger partial charge is 0.149 e. The zero-order valence-electron chi connectivity index (χ0n) is 12.5. The van der Waals surface area contributed by atoms with Crippen LogP contribution in [0.3, 0.4) is 0 Å². The van der Waals surface area contributed by atoms with Crippen LogP contribution in [0.4, 0.5) is 14.5 Å². The zero-order chi connectivity index (χ0) is 14.7. The summed E-state index contributed by atoms with van der Waals surface area (Å²) in [6.45, 7) is 8.10. The number of piperazine rings is 1. The van der Waals surface area contributed by atoms with Crippen molar-refractivity contribution in [2.45, 2.75) is 45.7 Å². The second-order valence-corrected chi connectivity index (χ2v) is 5.71. The SMILES string of the molecule is CCC(C)C1CN(c2ccc(F)cc2F)C(CC)CN1. The molecule has 1 heterocycles. The van der Waals surface area contributed by atoms with E-state index in [-0.39, 0.29) is 6.04 Å². The van der Waals surface area contributed by atoms with Crippen molar-refractivity contribution in [3.63, 3.8) is 0 Å². The van der Waals surface area contributed by atoms with E-state index in [1.165, 1.54) is 6.07 Å². The summed E-state index contributed by atoms with van der Waals surface area (Å²) >= 11 is 0. The zero-order valence-corrected chi connectivity index (χ0v) is 12.5. The van der Waals surface area contributed by atoms with Gasteiger partial charge >= 0.3 is 0 Å². The van der Waals surface area contributed by atoms with E-state index < -0.39 is 11.6 Å². The van der Waals surface area contributed by atoms with Crippen LogP contribution in [-0.4, -0.2) is 25.2 Å². The first-order valence-electron chi connectivity index (χ1n) is 7.51. The molecule has 0 radical (unpaired) electrons. The van der Waals surface area contributed by atoms with Gasteiger partial charge in [0.25, 0.3) is 0 Å². The van der Waals surface area contributed by atoms with Gasteiger partial charge in [-0.25, -0.2) is 8.78 Å². The molecule has 20 heavy (non-hydrogen) atoms. The first-order chi connectivity index (χ1) is 9.56. The van der Waals surface area contributed by atoms with Crippen molar-refractivity contribution < 1.29 is 8.78 Å². The van der Waals surface area contributed by atoms with E-state index in [0.29, 0.717) is 17.6 Å². The number of hydrogen-bond donors (Lipinski definition) is 1. The Morgan fingerprint density at radius 1 is 1.35 bits per heavy atom. The third-order valence-corrected chi connectivity index (χ3v) is 4.47. The molecular formula is C16H24F2N2. The fourth-order valence-electron chi connectivity index (χ4n) is 2.86. The topological polar surface area (TPSA) is 15.3 Å². The Balaban J connectivity index is 2.24. The van der Waals surface area contributed by atoms with Crippen molar-refractivity contribution in [3.05, 3.63) is 29.8 Å². The molecule has 0 saturated carbocycles. The highest BCUT2D eigenvalue weighted by Crippen LogP contribution is 2.27. The molecule has 1 aromatic carbocycles. The minimum absolute atomic E-state index is 0.260. The van der Waals surface area contributed by atoms with E-state index >= 15 is 0 Å². The number of anilines is 1. The lowest BCUT2D eigenvalue weighted by Gasteiger charge is -2.43. The van der Waals surface area contributed by atoms with Gasteiger partial charge < -0.3 is 10.2 Å². The lowest BCUT2D eigenvalue weighted by atomic mass is 9.94. The van der Waals surface area contributed by atoms with E-state index in [4.69, 9.17) is 0 Å². The molecule has 1 N–H and O–H groups in total. The van der Waals surface area contributed by atoms with Crippen LogP contribution in [0.2, 0.25) is 0 Å². The molecule has 112 valence electrons. The summed E-state index contributed by atoms with van der Waals surface area (Å²) in [7, 11) is 0. The average molecular weight is 282 g/mol. The van der Waals surface area contributed by atoms with Gasteiger partial charge in [0.1, 0.15) is 11.6 Å². The van der Waals surface area contributed by atoms with Crippen molar-refractivity contribution in [1.29, 1.82) is 0 Å². The predicted octanol–water partition coefficient (Wildman–Crippen LogP) is 3.57. The van der Waals surface area contributed by atoms with Crippen LogP contribution in [0.15, 0.2) is 18.2 Å². The van der Waals surface area contributed by atoms with Crippen molar-refractivity contribution >= 4 is 5.69 Å². The van der Waals surface area contributed by atoms with E-state index in [1.54, 1.807) is 6.07 Å². The van der Waals surface area contributed by atoms with E-state index in [0.717, 1.165) is 32.0 Å². The fourth-order valence-corrected chi connectivity index (χ4v) is 2.86. The molecule has 1 aliphatic rings.